The maximum Gasteiger partial charge on any atom is 0.162 e. The van der Waals surface area contributed by atoms with Crippen molar-refractivity contribution in [1.82, 2.24) is 0 Å². The van der Waals surface area contributed by atoms with E-state index >= 15 is 0 Å². The van der Waals surface area contributed by atoms with Gasteiger partial charge in [0, 0.05) is 17.8 Å². The fourth-order valence-corrected chi connectivity index (χ4v) is 6.26. The number of fused-ring (bicyclic) bond motifs is 3. The van der Waals surface area contributed by atoms with Crippen molar-refractivity contribution < 1.29 is 9.59 Å². The Labute approximate surface area is 133 Å². The first-order valence-corrected chi connectivity index (χ1v) is 8.70. The first kappa shape index (κ1) is 14.4. The zero-order valence-electron chi connectivity index (χ0n) is 14.2. The molecular weight excluding hydrogens is 272 g/mol. The molecular formula is C20H26O2. The van der Waals surface area contributed by atoms with Gasteiger partial charge in [-0.3, -0.25) is 9.59 Å². The first-order valence-electron chi connectivity index (χ1n) is 8.70. The van der Waals surface area contributed by atoms with Crippen molar-refractivity contribution >= 4 is 11.6 Å². The van der Waals surface area contributed by atoms with Gasteiger partial charge in [-0.25, -0.2) is 0 Å². The zero-order valence-corrected chi connectivity index (χ0v) is 14.2. The van der Waals surface area contributed by atoms with Crippen LogP contribution >= 0.6 is 0 Å². The molecule has 4 aliphatic carbocycles. The molecule has 0 heterocycles. The van der Waals surface area contributed by atoms with Crippen LogP contribution in [0.5, 0.6) is 0 Å². The Hall–Kier alpha value is -1.18. The molecule has 0 aromatic carbocycles. The second kappa shape index (κ2) is 4.01. The number of hydrogen-bond acceptors (Lipinski definition) is 2. The van der Waals surface area contributed by atoms with Gasteiger partial charge in [0.25, 0.3) is 0 Å². The predicted molar refractivity (Wildman–Crippen MR) is 86.2 cm³/mol. The minimum Gasteiger partial charge on any atom is -0.299 e. The number of ketones is 2. The summed E-state index contributed by atoms with van der Waals surface area (Å²) in [5, 5.41) is 0. The molecule has 4 atom stereocenters. The minimum absolute atomic E-state index is 0.00299. The highest BCUT2D eigenvalue weighted by atomic mass is 16.1. The van der Waals surface area contributed by atoms with Gasteiger partial charge in [-0.1, -0.05) is 25.5 Å². The lowest BCUT2D eigenvalue weighted by molar-refractivity contribution is -0.141. The number of rotatable bonds is 0. The maximum atomic E-state index is 13.0. The summed E-state index contributed by atoms with van der Waals surface area (Å²) in [6.45, 7) is 8.85. The highest BCUT2D eigenvalue weighted by Crippen LogP contribution is 2.67. The molecule has 2 fully saturated rings. The van der Waals surface area contributed by atoms with Gasteiger partial charge in [-0.15, -0.1) is 0 Å². The van der Waals surface area contributed by atoms with Crippen LogP contribution in [0.3, 0.4) is 0 Å². The summed E-state index contributed by atoms with van der Waals surface area (Å²) in [4.78, 5) is 25.6. The summed E-state index contributed by atoms with van der Waals surface area (Å²) in [5.41, 5.74) is 2.13. The van der Waals surface area contributed by atoms with Gasteiger partial charge >= 0.3 is 0 Å². The van der Waals surface area contributed by atoms with E-state index in [1.165, 1.54) is 5.57 Å². The summed E-state index contributed by atoms with van der Waals surface area (Å²) in [6.07, 6.45) is 9.00. The Bertz CT molecular complexity index is 651. The fourth-order valence-electron chi connectivity index (χ4n) is 6.26. The van der Waals surface area contributed by atoms with E-state index in [4.69, 9.17) is 0 Å². The van der Waals surface area contributed by atoms with Gasteiger partial charge in [-0.05, 0) is 62.5 Å². The predicted octanol–water partition coefficient (Wildman–Crippen LogP) is 4.25. The van der Waals surface area contributed by atoms with Gasteiger partial charge in [0.15, 0.2) is 5.78 Å². The molecule has 0 aromatic heterocycles. The Morgan fingerprint density at radius 3 is 2.59 bits per heavy atom. The molecule has 0 saturated heterocycles. The quantitative estimate of drug-likeness (QED) is 0.626. The third kappa shape index (κ3) is 1.51. The molecule has 0 N–H and O–H groups in total. The van der Waals surface area contributed by atoms with Crippen LogP contribution < -0.4 is 0 Å². The molecule has 0 amide bonds. The molecule has 2 nitrogen and oxygen atoms in total. The molecule has 2 saturated carbocycles. The number of carbonyl (C=O) groups is 2. The second-order valence-corrected chi connectivity index (χ2v) is 8.97. The average molecular weight is 298 g/mol. The lowest BCUT2D eigenvalue weighted by atomic mass is 9.44. The molecule has 4 aliphatic rings. The van der Waals surface area contributed by atoms with Crippen molar-refractivity contribution in [2.24, 2.45) is 28.1 Å². The smallest absolute Gasteiger partial charge is 0.162 e. The Balaban J connectivity index is 1.92. The summed E-state index contributed by atoms with van der Waals surface area (Å²) < 4.78 is 0. The van der Waals surface area contributed by atoms with Crippen LogP contribution in [0.1, 0.15) is 59.8 Å². The molecule has 22 heavy (non-hydrogen) atoms. The molecule has 4 rings (SSSR count). The lowest BCUT2D eigenvalue weighted by Crippen LogP contribution is -2.55. The Kier molecular flexibility index (Phi) is 2.63. The van der Waals surface area contributed by atoms with Crippen LogP contribution in [0.2, 0.25) is 0 Å². The molecule has 1 spiro atoms. The average Bonchev–Trinajstić information content (AvgIpc) is 2.72. The van der Waals surface area contributed by atoms with Crippen molar-refractivity contribution in [1.29, 1.82) is 0 Å². The van der Waals surface area contributed by atoms with Gasteiger partial charge in [-0.2, -0.15) is 0 Å². The number of allylic oxidation sites excluding steroid dienone is 4. The van der Waals surface area contributed by atoms with E-state index in [2.05, 4.69) is 33.8 Å². The first-order chi connectivity index (χ1) is 10.2. The van der Waals surface area contributed by atoms with Crippen LogP contribution in [-0.2, 0) is 9.59 Å². The van der Waals surface area contributed by atoms with Gasteiger partial charge in [0.1, 0.15) is 5.78 Å². The summed E-state index contributed by atoms with van der Waals surface area (Å²) in [6, 6.07) is 0. The Morgan fingerprint density at radius 1 is 1.14 bits per heavy atom. The second-order valence-electron chi connectivity index (χ2n) is 8.97. The highest BCUT2D eigenvalue weighted by molar-refractivity contribution is 6.00. The number of hydrogen-bond donors (Lipinski definition) is 0. The normalized spacial score (nSPS) is 45.8. The van der Waals surface area contributed by atoms with Crippen molar-refractivity contribution in [2.45, 2.75) is 59.8 Å². The molecule has 0 radical (unpaired) electrons. The number of carbonyl (C=O) groups excluding carboxylic acids is 2. The van der Waals surface area contributed by atoms with Crippen molar-refractivity contribution in [2.75, 3.05) is 0 Å². The van der Waals surface area contributed by atoms with E-state index in [-0.39, 0.29) is 22.5 Å². The third-order valence-electron chi connectivity index (χ3n) is 7.44. The summed E-state index contributed by atoms with van der Waals surface area (Å²) in [5.74, 6) is 1.05. The van der Waals surface area contributed by atoms with E-state index in [0.29, 0.717) is 18.1 Å². The monoisotopic (exact) mass is 298 g/mol. The van der Waals surface area contributed by atoms with Gasteiger partial charge in [0.05, 0.1) is 5.41 Å². The fraction of sp³-hybridized carbons (Fsp3) is 0.700. The number of Topliss-reactive ketones (excluding diaryl/α,β-unsaturated/α-hetero) is 1. The van der Waals surface area contributed by atoms with Crippen LogP contribution in [0, 0.1) is 28.1 Å². The standard InChI is InChI=1S/C20H26O2/c1-12-10-20-8-5-15-18(2,3)7-6-17(22)19(15,4)16(20)9-14(21)13(12)11-20/h9-10,13,15H,5-8,11H2,1-4H3/t13-,15-,19-,20-/m0/s1. The van der Waals surface area contributed by atoms with Crippen LogP contribution in [-0.4, -0.2) is 11.6 Å². The molecule has 118 valence electrons. The van der Waals surface area contributed by atoms with E-state index in [0.717, 1.165) is 31.3 Å². The van der Waals surface area contributed by atoms with E-state index < -0.39 is 5.41 Å². The molecule has 0 aromatic rings. The van der Waals surface area contributed by atoms with Gasteiger partial charge < -0.3 is 0 Å². The summed E-state index contributed by atoms with van der Waals surface area (Å²) in [7, 11) is 0. The highest BCUT2D eigenvalue weighted by Gasteiger charge is 2.62. The van der Waals surface area contributed by atoms with Crippen molar-refractivity contribution in [3.63, 3.8) is 0 Å². The Morgan fingerprint density at radius 2 is 1.86 bits per heavy atom. The molecule has 2 bridgehead atoms. The summed E-state index contributed by atoms with van der Waals surface area (Å²) >= 11 is 0. The molecule has 2 heteroatoms. The molecule has 0 unspecified atom stereocenters. The minimum atomic E-state index is -0.429. The van der Waals surface area contributed by atoms with Crippen LogP contribution in [0.4, 0.5) is 0 Å². The third-order valence-corrected chi connectivity index (χ3v) is 7.44. The van der Waals surface area contributed by atoms with Crippen molar-refractivity contribution in [3.05, 3.63) is 23.3 Å². The molecule has 0 aliphatic heterocycles. The lowest BCUT2D eigenvalue weighted by Gasteiger charge is -2.58. The maximum absolute atomic E-state index is 13.0. The zero-order chi connectivity index (χ0) is 15.9. The van der Waals surface area contributed by atoms with Gasteiger partial charge in [0.2, 0.25) is 0 Å². The topological polar surface area (TPSA) is 34.1 Å². The van der Waals surface area contributed by atoms with Crippen molar-refractivity contribution in [3.8, 4) is 0 Å². The van der Waals surface area contributed by atoms with E-state index in [9.17, 15) is 9.59 Å². The largest absolute Gasteiger partial charge is 0.299 e. The van der Waals surface area contributed by atoms with Crippen LogP contribution in [0.25, 0.3) is 0 Å². The van der Waals surface area contributed by atoms with Crippen LogP contribution in [0.15, 0.2) is 23.3 Å². The van der Waals surface area contributed by atoms with E-state index in [1.807, 2.05) is 6.08 Å². The van der Waals surface area contributed by atoms with E-state index in [1.54, 1.807) is 0 Å². The SMILES string of the molecule is CC1=C[C@]23CC[C@H]4C(C)(C)CCC(=O)[C@]4(C)C2=CC(=O)[C@H]1C3.